The molecule has 23 heavy (non-hydrogen) atoms. The molecule has 0 aliphatic carbocycles. The molecule has 8 nitrogen and oxygen atoms in total. The average Bonchev–Trinajstić information content (AvgIpc) is 2.99. The van der Waals surface area contributed by atoms with Gasteiger partial charge >= 0.3 is 7.82 Å². The first kappa shape index (κ1) is 19.4. The van der Waals surface area contributed by atoms with Crippen LogP contribution < -0.4 is 0 Å². The number of hydrogen-bond donors (Lipinski definition) is 1. The van der Waals surface area contributed by atoms with Crippen LogP contribution in [-0.2, 0) is 32.6 Å². The zero-order valence-corrected chi connectivity index (χ0v) is 14.9. The van der Waals surface area contributed by atoms with Crippen molar-refractivity contribution in [2.45, 2.75) is 49.3 Å². The maximum absolute atomic E-state index is 12.2. The van der Waals surface area contributed by atoms with Gasteiger partial charge in [-0.3, -0.25) is 9.05 Å². The lowest BCUT2D eigenvalue weighted by molar-refractivity contribution is -0.0367. The van der Waals surface area contributed by atoms with E-state index in [1.54, 1.807) is 14.2 Å². The molecule has 11 heteroatoms. The van der Waals surface area contributed by atoms with Crippen molar-refractivity contribution < 1.29 is 37.5 Å². The van der Waals surface area contributed by atoms with E-state index in [0.717, 1.165) is 6.42 Å². The van der Waals surface area contributed by atoms with Crippen LogP contribution in [-0.4, -0.2) is 84.4 Å². The van der Waals surface area contributed by atoms with E-state index in [1.807, 2.05) is 15.7 Å². The van der Waals surface area contributed by atoms with Crippen LogP contribution in [0.2, 0.25) is 0 Å². The van der Waals surface area contributed by atoms with E-state index < -0.39 is 13.9 Å². The van der Waals surface area contributed by atoms with Gasteiger partial charge in [-0.25, -0.2) is 4.57 Å². The summed E-state index contributed by atoms with van der Waals surface area (Å²) in [6.45, 7) is 0.235. The van der Waals surface area contributed by atoms with E-state index in [1.165, 1.54) is 0 Å². The summed E-state index contributed by atoms with van der Waals surface area (Å²) in [5.41, 5.74) is 0. The quantitative estimate of drug-likeness (QED) is 0.424. The van der Waals surface area contributed by atoms with Gasteiger partial charge in [-0.2, -0.15) is 0 Å². The van der Waals surface area contributed by atoms with Gasteiger partial charge in [0.15, 0.2) is 0 Å². The van der Waals surface area contributed by atoms with Crippen LogP contribution in [0.25, 0.3) is 0 Å². The van der Waals surface area contributed by atoms with Gasteiger partial charge in [0.1, 0.15) is 27.9 Å². The Morgan fingerprint density at radius 3 is 2.22 bits per heavy atom. The van der Waals surface area contributed by atoms with Gasteiger partial charge in [0.2, 0.25) is 0 Å². The summed E-state index contributed by atoms with van der Waals surface area (Å²) >= 11 is 0. The van der Waals surface area contributed by atoms with Gasteiger partial charge in [0.05, 0.1) is 25.4 Å². The molecule has 2 rings (SSSR count). The fourth-order valence-electron chi connectivity index (χ4n) is 3.03. The highest BCUT2D eigenvalue weighted by atomic mass is 31.2. The molecule has 0 aromatic heterocycles. The van der Waals surface area contributed by atoms with Gasteiger partial charge in [-0.05, 0) is 12.8 Å². The molecule has 2 saturated heterocycles. The number of hydrogen-bond acceptors (Lipinski definition) is 7. The van der Waals surface area contributed by atoms with Crippen LogP contribution in [0.5, 0.6) is 0 Å². The second-order valence-electron chi connectivity index (χ2n) is 6.08. The highest BCUT2D eigenvalue weighted by molar-refractivity contribution is 7.47. The molecule has 1 N–H and O–H groups in total. The van der Waals surface area contributed by atoms with E-state index in [-0.39, 0.29) is 36.9 Å². The lowest BCUT2D eigenvalue weighted by atomic mass is 9.96. The Morgan fingerprint density at radius 2 is 1.65 bits per heavy atom. The lowest BCUT2D eigenvalue weighted by Crippen LogP contribution is -2.30. The molecular weight excluding hydrogens is 325 g/mol. The van der Waals surface area contributed by atoms with Crippen LogP contribution in [0, 0.1) is 0 Å². The maximum Gasteiger partial charge on any atom is 0.472 e. The zero-order valence-electron chi connectivity index (χ0n) is 14.0. The average molecular weight is 350 g/mol. The third-order valence-corrected chi connectivity index (χ3v) is 5.09. The molecule has 3 unspecified atom stereocenters. The third-order valence-electron chi connectivity index (χ3n) is 4.08. The van der Waals surface area contributed by atoms with Gasteiger partial charge in [-0.15, -0.1) is 0 Å². The molecule has 2 aliphatic rings. The first-order chi connectivity index (χ1) is 10.8. The number of phosphoric ester groups is 1. The number of ether oxygens (including phenoxy) is 4. The van der Waals surface area contributed by atoms with Crippen LogP contribution in [0.4, 0.5) is 0 Å². The minimum Gasteiger partial charge on any atom is -0.382 e. The molecule has 0 spiro atoms. The molecule has 0 aromatic carbocycles. The van der Waals surface area contributed by atoms with Crippen molar-refractivity contribution in [3.8, 4) is 0 Å². The normalized spacial score (nSPS) is 40.3. The van der Waals surface area contributed by atoms with Crippen LogP contribution >= 0.6 is 7.82 Å². The summed E-state index contributed by atoms with van der Waals surface area (Å²) in [6, 6.07) is -0.0280. The summed E-state index contributed by atoms with van der Waals surface area (Å²) in [6.07, 6.45) is -0.213. The third kappa shape index (κ3) is 5.54. The Bertz CT molecular complexity index is 428. The van der Waals surface area contributed by atoms with Gasteiger partial charge < -0.3 is 23.8 Å². The van der Waals surface area contributed by atoms with Gasteiger partial charge in [0.25, 0.3) is 0 Å². The highest BCUT2D eigenvalue weighted by Crippen LogP contribution is 2.47. The second-order valence-corrected chi connectivity index (χ2v) is 7.49. The molecule has 2 heterocycles. The Labute approximate surface area is 138 Å². The Hall–Kier alpha value is 0.0799. The van der Waals surface area contributed by atoms with Crippen molar-refractivity contribution in [3.63, 3.8) is 0 Å². The van der Waals surface area contributed by atoms with Crippen molar-refractivity contribution in [1.82, 2.24) is 0 Å². The first-order valence-corrected chi connectivity index (χ1v) is 9.32. The van der Waals surface area contributed by atoms with Crippen LogP contribution in [0.1, 0.15) is 12.8 Å². The van der Waals surface area contributed by atoms with Crippen molar-refractivity contribution in [2.75, 3.05) is 27.4 Å². The molecule has 0 amide bonds. The molecular formula is C12H25B2O8P. The predicted octanol–water partition coefficient (Wildman–Crippen LogP) is -1.35. The molecule has 7 atom stereocenters. The summed E-state index contributed by atoms with van der Waals surface area (Å²) in [4.78, 5) is 9.95. The van der Waals surface area contributed by atoms with Crippen LogP contribution in [0.15, 0.2) is 0 Å². The molecule has 2 aliphatic heterocycles. The minimum absolute atomic E-state index is 0.0303. The Balaban J connectivity index is 1.85. The standard InChI is InChI=1S/C12H25B2O8P/c1-17-5-9-8(4-12(14)20-9)22-23(15,16)19-6-10-7(18-2)3-11(13)21-10/h7-12H,3-6,13-14H2,1-2H3,(H,15,16)/t7?,8?,9-,10-,11-,12-/m1/s1. The predicted molar refractivity (Wildman–Crippen MR) is 87.0 cm³/mol. The number of phosphoric acid groups is 1. The summed E-state index contributed by atoms with van der Waals surface area (Å²) in [5.74, 6) is 0. The second kappa shape index (κ2) is 8.45. The smallest absolute Gasteiger partial charge is 0.382 e. The fourth-order valence-corrected chi connectivity index (χ4v) is 3.99. The SMILES string of the molecule is B[C@H]1CC(OC)[C@@H](COP(=O)(O)OC2C[C@H](B)O[C@@H]2COC)O1. The lowest BCUT2D eigenvalue weighted by Gasteiger charge is -2.23. The van der Waals surface area contributed by atoms with Crippen molar-refractivity contribution >= 4 is 23.5 Å². The Morgan fingerprint density at radius 1 is 1.09 bits per heavy atom. The number of methoxy groups -OCH3 is 2. The van der Waals surface area contributed by atoms with E-state index in [2.05, 4.69) is 0 Å². The molecule has 0 radical (unpaired) electrons. The van der Waals surface area contributed by atoms with Crippen molar-refractivity contribution in [3.05, 3.63) is 0 Å². The largest absolute Gasteiger partial charge is 0.472 e. The van der Waals surface area contributed by atoms with Gasteiger partial charge in [-0.1, -0.05) is 0 Å². The molecule has 0 bridgehead atoms. The first-order valence-electron chi connectivity index (χ1n) is 7.83. The fraction of sp³-hybridized carbons (Fsp3) is 1.00. The van der Waals surface area contributed by atoms with Gasteiger partial charge in [0, 0.05) is 26.2 Å². The van der Waals surface area contributed by atoms with Crippen molar-refractivity contribution in [1.29, 1.82) is 0 Å². The van der Waals surface area contributed by atoms with Crippen LogP contribution in [0.3, 0.4) is 0 Å². The number of rotatable bonds is 8. The summed E-state index contributed by atoms with van der Waals surface area (Å²) in [7, 11) is 2.72. The Kier molecular flexibility index (Phi) is 7.13. The van der Waals surface area contributed by atoms with E-state index >= 15 is 0 Å². The summed E-state index contributed by atoms with van der Waals surface area (Å²) in [5, 5.41) is 0. The molecule has 2 fully saturated rings. The van der Waals surface area contributed by atoms with E-state index in [0.29, 0.717) is 13.0 Å². The topological polar surface area (TPSA) is 92.7 Å². The maximum atomic E-state index is 12.2. The highest BCUT2D eigenvalue weighted by Gasteiger charge is 2.40. The molecule has 0 saturated carbocycles. The summed E-state index contributed by atoms with van der Waals surface area (Å²) < 4.78 is 44.1. The van der Waals surface area contributed by atoms with Crippen molar-refractivity contribution in [2.24, 2.45) is 0 Å². The molecule has 0 aromatic rings. The van der Waals surface area contributed by atoms with E-state index in [4.69, 9.17) is 28.0 Å². The monoisotopic (exact) mass is 350 g/mol. The molecule has 132 valence electrons. The zero-order chi connectivity index (χ0) is 17.0. The minimum atomic E-state index is -4.21. The van der Waals surface area contributed by atoms with E-state index in [9.17, 15) is 9.46 Å².